The molecule has 0 saturated carbocycles. The Hall–Kier alpha value is -2.55. The quantitative estimate of drug-likeness (QED) is 0.146. The second kappa shape index (κ2) is 18.3. The molecule has 0 heterocycles. The molecule has 0 radical (unpaired) electrons. The van der Waals surface area contributed by atoms with Crippen molar-refractivity contribution in [2.45, 2.75) is 124 Å². The van der Waals surface area contributed by atoms with Crippen LogP contribution in [-0.2, 0) is 27.2 Å². The number of unbranched alkanes of at least 4 members (excludes halogenated alkanes) is 3. The molecular weight excluding hydrogens is 647 g/mol. The minimum absolute atomic E-state index is 0.137. The molecule has 0 aliphatic rings. The summed E-state index contributed by atoms with van der Waals surface area (Å²) in [6, 6.07) is 15.8. The van der Waals surface area contributed by atoms with Crippen molar-refractivity contribution in [2.75, 3.05) is 0 Å². The van der Waals surface area contributed by atoms with Crippen LogP contribution in [0.25, 0.3) is 0 Å². The van der Waals surface area contributed by atoms with E-state index in [9.17, 15) is 19.5 Å². The van der Waals surface area contributed by atoms with E-state index in [0.717, 1.165) is 11.1 Å². The summed E-state index contributed by atoms with van der Waals surface area (Å²) in [6.45, 7) is 12.1. The molecule has 43 heavy (non-hydrogen) atoms. The van der Waals surface area contributed by atoms with E-state index in [1.54, 1.807) is 24.4 Å². The summed E-state index contributed by atoms with van der Waals surface area (Å²) in [5.41, 5.74) is 0.970. The number of alkyl carbamates (subject to hydrolysis) is 1. The van der Waals surface area contributed by atoms with Crippen LogP contribution in [0, 0.1) is 0 Å². The molecule has 0 aliphatic heterocycles. The van der Waals surface area contributed by atoms with Crippen molar-refractivity contribution in [2.24, 2.45) is 0 Å². The van der Waals surface area contributed by atoms with Crippen LogP contribution < -0.4 is 14.2 Å². The molecule has 2 amide bonds. The third-order valence-corrected chi connectivity index (χ3v) is 23.6. The maximum absolute atomic E-state index is 13.5. The predicted molar refractivity (Wildman–Crippen MR) is 178 cm³/mol. The summed E-state index contributed by atoms with van der Waals surface area (Å²) in [4.78, 5) is 38.3. The fraction of sp³-hybridized carbons (Fsp3) is 0.571. The molecule has 0 aromatic heterocycles. The molecule has 7 nitrogen and oxygen atoms in total. The summed E-state index contributed by atoms with van der Waals surface area (Å²) in [5.74, 6) is -1.69. The zero-order valence-electron chi connectivity index (χ0n) is 27.2. The zero-order valence-corrected chi connectivity index (χ0v) is 30.1. The number of aliphatic carboxylic acids is 1. The standard InChI is InChI=1S/C23H27N2O5.3C4H9.Sn/c1-23(2,3)30-22(29)25-18(14-16-10-6-4-7-11-16)20(26)24-19(21(27)28)15-17-12-8-5-9-13-17;3*1-3-4-2;/h5-13,18-19H,14-15H2,1-3H3,(H,24,26)(H,25,29)(H,27,28);3*1,3-4H2,2H3;/t18-,19-;;;;/m0..../s1. The van der Waals surface area contributed by atoms with Crippen molar-refractivity contribution in [3.8, 4) is 0 Å². The molecule has 0 aliphatic carbocycles. The molecule has 0 unspecified atom stereocenters. The monoisotopic (exact) mass is 702 g/mol. The van der Waals surface area contributed by atoms with Crippen molar-refractivity contribution < 1.29 is 24.2 Å². The molecule has 2 aromatic rings. The molecule has 0 fully saturated rings. The second-order valence-electron chi connectivity index (χ2n) is 12.8. The Kier molecular flexibility index (Phi) is 15.6. The van der Waals surface area contributed by atoms with Gasteiger partial charge in [0, 0.05) is 0 Å². The molecule has 2 aromatic carbocycles. The first-order valence-electron chi connectivity index (χ1n) is 16.1. The Labute approximate surface area is 263 Å². The SMILES string of the molecule is CCC[CH2][Sn]([CH2]CCC)([CH2]CCC)[c]1ccc(C[C@H](NC(=O)OC(C)(C)C)C(=O)N[C@@H](Cc2ccccc2)C(=O)O)cc1. The second-order valence-corrected chi connectivity index (χ2v) is 26.0. The van der Waals surface area contributed by atoms with E-state index in [1.165, 1.54) is 51.8 Å². The van der Waals surface area contributed by atoms with Gasteiger partial charge in [0.2, 0.25) is 0 Å². The fourth-order valence-electron chi connectivity index (χ4n) is 5.56. The molecule has 8 heteroatoms. The van der Waals surface area contributed by atoms with E-state index in [0.29, 0.717) is 0 Å². The van der Waals surface area contributed by atoms with Gasteiger partial charge in [-0.1, -0.05) is 18.2 Å². The molecule has 2 atom stereocenters. The Balaban J connectivity index is 2.33. The Morgan fingerprint density at radius 3 is 1.70 bits per heavy atom. The van der Waals surface area contributed by atoms with Gasteiger partial charge in [-0.15, -0.1) is 0 Å². The summed E-state index contributed by atoms with van der Waals surface area (Å²) in [7, 11) is 0. The third kappa shape index (κ3) is 12.9. The number of rotatable bonds is 18. The Morgan fingerprint density at radius 1 is 0.744 bits per heavy atom. The number of carboxylic acid groups (broad SMARTS) is 1. The van der Waals surface area contributed by atoms with Crippen LogP contribution in [0.4, 0.5) is 4.79 Å². The van der Waals surface area contributed by atoms with Crippen molar-refractivity contribution in [3.63, 3.8) is 0 Å². The first-order chi connectivity index (χ1) is 20.4. The molecule has 2 rings (SSSR count). The van der Waals surface area contributed by atoms with Gasteiger partial charge in [0.05, 0.1) is 0 Å². The summed E-state index contributed by atoms with van der Waals surface area (Å²) < 4.78 is 11.1. The van der Waals surface area contributed by atoms with Gasteiger partial charge in [0.1, 0.15) is 0 Å². The van der Waals surface area contributed by atoms with Crippen molar-refractivity contribution in [3.05, 3.63) is 65.7 Å². The normalized spacial score (nSPS) is 13.2. The maximum atomic E-state index is 13.5. The predicted octanol–water partition coefficient (Wildman–Crippen LogP) is 6.99. The van der Waals surface area contributed by atoms with Crippen molar-refractivity contribution in [1.29, 1.82) is 0 Å². The van der Waals surface area contributed by atoms with E-state index in [-0.39, 0.29) is 12.8 Å². The number of hydrogen-bond acceptors (Lipinski definition) is 4. The summed E-state index contributed by atoms with van der Waals surface area (Å²) in [5, 5.41) is 15.2. The number of ether oxygens (including phenoxy) is 1. The van der Waals surface area contributed by atoms with Crippen LogP contribution in [0.5, 0.6) is 0 Å². The van der Waals surface area contributed by atoms with Gasteiger partial charge in [-0.25, -0.2) is 0 Å². The fourth-order valence-corrected chi connectivity index (χ4v) is 21.5. The van der Waals surface area contributed by atoms with Crippen LogP contribution in [-0.4, -0.2) is 59.1 Å². The van der Waals surface area contributed by atoms with Crippen LogP contribution >= 0.6 is 0 Å². The topological polar surface area (TPSA) is 105 Å². The van der Waals surface area contributed by atoms with Crippen molar-refractivity contribution >= 4 is 39.9 Å². The van der Waals surface area contributed by atoms with E-state index >= 15 is 0 Å². The van der Waals surface area contributed by atoms with Crippen LogP contribution in [0.3, 0.4) is 0 Å². The van der Waals surface area contributed by atoms with Crippen molar-refractivity contribution in [1.82, 2.24) is 10.6 Å². The number of hydrogen-bond donors (Lipinski definition) is 3. The summed E-state index contributed by atoms with van der Waals surface area (Å²) in [6.07, 6.45) is 7.12. The van der Waals surface area contributed by atoms with Gasteiger partial charge < -0.3 is 0 Å². The van der Waals surface area contributed by atoms with E-state index in [4.69, 9.17) is 4.74 Å². The van der Waals surface area contributed by atoms with Gasteiger partial charge in [-0.3, -0.25) is 0 Å². The van der Waals surface area contributed by atoms with Crippen LogP contribution in [0.2, 0.25) is 13.3 Å². The molecule has 3 N–H and O–H groups in total. The molecular formula is C35H54N2O5Sn. The minimum atomic E-state index is -2.61. The Bertz CT molecular complexity index is 1110. The first kappa shape index (κ1) is 36.6. The van der Waals surface area contributed by atoms with Gasteiger partial charge in [0.25, 0.3) is 0 Å². The number of carbonyl (C=O) groups excluding carboxylic acids is 2. The Morgan fingerprint density at radius 2 is 1.23 bits per heavy atom. The van der Waals surface area contributed by atoms with Crippen LogP contribution in [0.1, 0.15) is 91.2 Å². The van der Waals surface area contributed by atoms with Gasteiger partial charge >= 0.3 is 246 Å². The number of nitrogens with one attached hydrogen (secondary N) is 2. The van der Waals surface area contributed by atoms with E-state index in [1.807, 2.05) is 30.3 Å². The average molecular weight is 702 g/mol. The summed E-state index contributed by atoms with van der Waals surface area (Å²) >= 11 is -2.61. The first-order valence-corrected chi connectivity index (χ1v) is 23.6. The zero-order chi connectivity index (χ0) is 31.9. The van der Waals surface area contributed by atoms with E-state index in [2.05, 4.69) is 55.7 Å². The van der Waals surface area contributed by atoms with E-state index < -0.39 is 54.0 Å². The van der Waals surface area contributed by atoms with Crippen LogP contribution in [0.15, 0.2) is 54.6 Å². The third-order valence-electron chi connectivity index (χ3n) is 7.94. The van der Waals surface area contributed by atoms with Gasteiger partial charge in [-0.2, -0.15) is 0 Å². The molecule has 0 bridgehead atoms. The average Bonchev–Trinajstić information content (AvgIpc) is 2.96. The molecule has 0 spiro atoms. The molecule has 0 saturated heterocycles. The number of benzene rings is 2. The van der Waals surface area contributed by atoms with Gasteiger partial charge in [0.15, 0.2) is 0 Å². The number of carboxylic acids is 1. The molecule has 238 valence electrons. The number of amides is 2. The number of carbonyl (C=O) groups is 3. The van der Waals surface area contributed by atoms with Gasteiger partial charge in [-0.05, 0) is 0 Å².